The maximum atomic E-state index is 12.9. The lowest BCUT2D eigenvalue weighted by Gasteiger charge is -2.22. The van der Waals surface area contributed by atoms with Crippen molar-refractivity contribution in [3.05, 3.63) is 89.2 Å². The monoisotopic (exact) mass is 450 g/mol. The van der Waals surface area contributed by atoms with Gasteiger partial charge in [-0.25, -0.2) is 0 Å². The Balaban J connectivity index is 1.67. The van der Waals surface area contributed by atoms with Crippen LogP contribution in [0.25, 0.3) is 0 Å². The third-order valence-electron chi connectivity index (χ3n) is 4.67. The largest absolute Gasteiger partial charge is 0.340 e. The maximum Gasteiger partial charge on any atom is 0.255 e. The second kappa shape index (κ2) is 10.5. The molecule has 3 rings (SSSR count). The van der Waals surface area contributed by atoms with E-state index < -0.39 is 6.04 Å². The van der Waals surface area contributed by atoms with Gasteiger partial charge in [0.2, 0.25) is 5.91 Å². The molecule has 0 aliphatic heterocycles. The van der Waals surface area contributed by atoms with E-state index >= 15 is 0 Å². The third kappa shape index (κ3) is 6.15. The van der Waals surface area contributed by atoms with Crippen LogP contribution in [0.2, 0.25) is 5.02 Å². The fraction of sp³-hybridized carbons (Fsp3) is 0.167. The zero-order valence-electron chi connectivity index (χ0n) is 17.6. The minimum Gasteiger partial charge on any atom is -0.340 e. The highest BCUT2D eigenvalue weighted by Gasteiger charge is 2.25. The molecule has 1 heterocycles. The zero-order chi connectivity index (χ0) is 23.1. The molecule has 0 saturated heterocycles. The van der Waals surface area contributed by atoms with Crippen molar-refractivity contribution < 1.29 is 14.4 Å². The van der Waals surface area contributed by atoms with Crippen LogP contribution in [0.15, 0.2) is 73.1 Å². The summed E-state index contributed by atoms with van der Waals surface area (Å²) < 4.78 is 0. The molecule has 3 amide bonds. The van der Waals surface area contributed by atoms with Crippen molar-refractivity contribution in [3.63, 3.8) is 0 Å². The molecule has 1 unspecified atom stereocenters. The number of anilines is 2. The molecule has 7 nitrogen and oxygen atoms in total. The normalized spacial score (nSPS) is 11.5. The molecule has 3 N–H and O–H groups in total. The predicted octanol–water partition coefficient (Wildman–Crippen LogP) is 4.38. The molecule has 8 heteroatoms. The molecule has 1 aromatic heterocycles. The molecule has 3 aromatic rings. The van der Waals surface area contributed by atoms with Crippen LogP contribution in [0.1, 0.15) is 34.6 Å². The average Bonchev–Trinajstić information content (AvgIpc) is 2.78. The van der Waals surface area contributed by atoms with E-state index in [1.807, 2.05) is 13.8 Å². The fourth-order valence-electron chi connectivity index (χ4n) is 2.96. The van der Waals surface area contributed by atoms with Gasteiger partial charge in [0.05, 0.1) is 0 Å². The lowest BCUT2D eigenvalue weighted by atomic mass is 10.0. The highest BCUT2D eigenvalue weighted by atomic mass is 35.5. The molecule has 0 aliphatic carbocycles. The first-order chi connectivity index (χ1) is 15.3. The van der Waals surface area contributed by atoms with Crippen molar-refractivity contribution in [1.29, 1.82) is 0 Å². The molecule has 0 radical (unpaired) electrons. The SMILES string of the molecule is CC(C)C(NC(=O)c1ccc(Cl)cc1)C(=O)Nc1cccc(NC(=O)c2ccncc2)c1. The molecule has 1 atom stereocenters. The van der Waals surface area contributed by atoms with Gasteiger partial charge in [-0.1, -0.05) is 31.5 Å². The number of pyridine rings is 1. The summed E-state index contributed by atoms with van der Waals surface area (Å²) in [5.74, 6) is -1.17. The van der Waals surface area contributed by atoms with E-state index in [2.05, 4.69) is 20.9 Å². The highest BCUT2D eigenvalue weighted by Crippen LogP contribution is 2.18. The maximum absolute atomic E-state index is 12.9. The smallest absolute Gasteiger partial charge is 0.255 e. The number of carbonyl (C=O) groups is 3. The van der Waals surface area contributed by atoms with Crippen LogP contribution < -0.4 is 16.0 Å². The van der Waals surface area contributed by atoms with Gasteiger partial charge in [-0.2, -0.15) is 0 Å². The van der Waals surface area contributed by atoms with Crippen molar-refractivity contribution >= 4 is 40.7 Å². The number of amides is 3. The van der Waals surface area contributed by atoms with E-state index in [0.29, 0.717) is 27.5 Å². The number of benzene rings is 2. The van der Waals surface area contributed by atoms with Crippen molar-refractivity contribution in [3.8, 4) is 0 Å². The molecular weight excluding hydrogens is 428 g/mol. The van der Waals surface area contributed by atoms with Crippen LogP contribution in [-0.2, 0) is 4.79 Å². The first-order valence-electron chi connectivity index (χ1n) is 10.0. The van der Waals surface area contributed by atoms with Crippen LogP contribution in [0.4, 0.5) is 11.4 Å². The van der Waals surface area contributed by atoms with E-state index in [1.54, 1.807) is 60.7 Å². The average molecular weight is 451 g/mol. The summed E-state index contributed by atoms with van der Waals surface area (Å²) in [6.45, 7) is 3.69. The second-order valence-corrected chi connectivity index (χ2v) is 7.90. The van der Waals surface area contributed by atoms with Gasteiger partial charge < -0.3 is 16.0 Å². The number of rotatable bonds is 7. The van der Waals surface area contributed by atoms with Gasteiger partial charge in [0.15, 0.2) is 0 Å². The number of aromatic nitrogens is 1. The number of carbonyl (C=O) groups excluding carboxylic acids is 3. The summed E-state index contributed by atoms with van der Waals surface area (Å²) >= 11 is 5.87. The Bertz CT molecular complexity index is 1100. The second-order valence-electron chi connectivity index (χ2n) is 7.46. The first-order valence-corrected chi connectivity index (χ1v) is 10.4. The van der Waals surface area contributed by atoms with Crippen LogP contribution >= 0.6 is 11.6 Å². The molecular formula is C24H23ClN4O3. The molecule has 2 aromatic carbocycles. The molecule has 0 spiro atoms. The molecule has 0 fully saturated rings. The van der Waals surface area contributed by atoms with Gasteiger partial charge in [-0.3, -0.25) is 19.4 Å². The molecule has 0 bridgehead atoms. The van der Waals surface area contributed by atoms with Gasteiger partial charge in [0, 0.05) is 39.9 Å². The van der Waals surface area contributed by atoms with E-state index in [4.69, 9.17) is 11.6 Å². The van der Waals surface area contributed by atoms with E-state index in [0.717, 1.165) is 0 Å². The minimum absolute atomic E-state index is 0.152. The summed E-state index contributed by atoms with van der Waals surface area (Å²) in [6.07, 6.45) is 3.08. The number of halogens is 1. The topological polar surface area (TPSA) is 100 Å². The lowest BCUT2D eigenvalue weighted by Crippen LogP contribution is -2.47. The lowest BCUT2D eigenvalue weighted by molar-refractivity contribution is -0.118. The van der Waals surface area contributed by atoms with Crippen molar-refractivity contribution in [2.24, 2.45) is 5.92 Å². The quantitative estimate of drug-likeness (QED) is 0.497. The number of nitrogens with one attached hydrogen (secondary N) is 3. The van der Waals surface area contributed by atoms with Crippen LogP contribution in [0, 0.1) is 5.92 Å². The predicted molar refractivity (Wildman–Crippen MR) is 125 cm³/mol. The van der Waals surface area contributed by atoms with Gasteiger partial charge in [-0.05, 0) is 60.5 Å². The number of nitrogens with zero attached hydrogens (tertiary/aromatic N) is 1. The van der Waals surface area contributed by atoms with E-state index in [1.165, 1.54) is 12.4 Å². The fourth-order valence-corrected chi connectivity index (χ4v) is 3.09. The summed E-state index contributed by atoms with van der Waals surface area (Å²) in [6, 6.07) is 15.7. The van der Waals surface area contributed by atoms with Gasteiger partial charge >= 0.3 is 0 Å². The van der Waals surface area contributed by atoms with Crippen molar-refractivity contribution in [2.75, 3.05) is 10.6 Å². The molecule has 32 heavy (non-hydrogen) atoms. The number of hydrogen-bond acceptors (Lipinski definition) is 4. The Morgan fingerprint density at radius 1 is 0.812 bits per heavy atom. The van der Waals surface area contributed by atoms with Gasteiger partial charge in [0.25, 0.3) is 11.8 Å². The summed E-state index contributed by atoms with van der Waals surface area (Å²) in [4.78, 5) is 41.7. The molecule has 0 aliphatic rings. The first kappa shape index (κ1) is 23.0. The van der Waals surface area contributed by atoms with Crippen molar-refractivity contribution in [1.82, 2.24) is 10.3 Å². The van der Waals surface area contributed by atoms with Gasteiger partial charge in [-0.15, -0.1) is 0 Å². The zero-order valence-corrected chi connectivity index (χ0v) is 18.4. The summed E-state index contributed by atoms with van der Waals surface area (Å²) in [7, 11) is 0. The summed E-state index contributed by atoms with van der Waals surface area (Å²) in [5, 5.41) is 8.88. The van der Waals surface area contributed by atoms with Crippen LogP contribution in [0.5, 0.6) is 0 Å². The Labute approximate surface area is 191 Å². The standard InChI is InChI=1S/C24H23ClN4O3/c1-15(2)21(29-23(31)16-6-8-18(25)9-7-16)24(32)28-20-5-3-4-19(14-20)27-22(30)17-10-12-26-13-11-17/h3-15,21H,1-2H3,(H,27,30)(H,28,32)(H,29,31). The van der Waals surface area contributed by atoms with E-state index in [9.17, 15) is 14.4 Å². The third-order valence-corrected chi connectivity index (χ3v) is 4.92. The Hall–Kier alpha value is -3.71. The van der Waals surface area contributed by atoms with E-state index in [-0.39, 0.29) is 23.6 Å². The van der Waals surface area contributed by atoms with Crippen LogP contribution in [-0.4, -0.2) is 28.7 Å². The Kier molecular flexibility index (Phi) is 7.57. The van der Waals surface area contributed by atoms with Gasteiger partial charge in [0.1, 0.15) is 6.04 Å². The minimum atomic E-state index is -0.756. The van der Waals surface area contributed by atoms with Crippen LogP contribution in [0.3, 0.4) is 0 Å². The molecule has 164 valence electrons. The van der Waals surface area contributed by atoms with Crippen molar-refractivity contribution in [2.45, 2.75) is 19.9 Å². The number of hydrogen-bond donors (Lipinski definition) is 3. The Morgan fingerprint density at radius 3 is 2.03 bits per heavy atom. The highest BCUT2D eigenvalue weighted by molar-refractivity contribution is 6.30. The Morgan fingerprint density at radius 2 is 1.41 bits per heavy atom. The molecule has 0 saturated carbocycles. The summed E-state index contributed by atoms with van der Waals surface area (Å²) in [5.41, 5.74) is 1.90.